The molecule has 0 aromatic carbocycles. The maximum absolute atomic E-state index is 12.1. The van der Waals surface area contributed by atoms with E-state index in [-0.39, 0.29) is 5.92 Å². The van der Waals surface area contributed by atoms with Crippen LogP contribution in [0.3, 0.4) is 0 Å². The van der Waals surface area contributed by atoms with Gasteiger partial charge in [-0.15, -0.1) is 0 Å². The first-order valence-corrected chi connectivity index (χ1v) is 9.11. The quantitative estimate of drug-likeness (QED) is 0.753. The third-order valence-electron chi connectivity index (χ3n) is 5.52. The van der Waals surface area contributed by atoms with Crippen LogP contribution in [-0.4, -0.2) is 72.5 Å². The average Bonchev–Trinajstić information content (AvgIpc) is 2.44. The first-order valence-electron chi connectivity index (χ1n) is 9.11. The maximum Gasteiger partial charge on any atom is 0.225 e. The molecular weight excluding hydrogens is 274 g/mol. The molecule has 0 spiro atoms. The first kappa shape index (κ1) is 17.7. The minimum atomic E-state index is 0.116. The van der Waals surface area contributed by atoms with Gasteiger partial charge in [0.15, 0.2) is 0 Å². The molecule has 0 bridgehead atoms. The molecular formula is C18H35N3O. The Labute approximate surface area is 136 Å². The van der Waals surface area contributed by atoms with Gasteiger partial charge in [0, 0.05) is 51.2 Å². The zero-order valence-corrected chi connectivity index (χ0v) is 15.2. The fourth-order valence-corrected chi connectivity index (χ4v) is 3.70. The van der Waals surface area contributed by atoms with Crippen LogP contribution in [0, 0.1) is 11.8 Å². The molecule has 1 amide bonds. The van der Waals surface area contributed by atoms with Gasteiger partial charge in [0.25, 0.3) is 0 Å². The standard InChI is InChI=1S/C18H35N3O/c1-14(2)18(22)19(5)17-7-10-20(11-8-17)9-6-16-12-21(13-16)15(3)4/h14-17H,6-13H2,1-5H3. The smallest absolute Gasteiger partial charge is 0.225 e. The van der Waals surface area contributed by atoms with Crippen molar-refractivity contribution in [2.24, 2.45) is 11.8 Å². The van der Waals surface area contributed by atoms with Gasteiger partial charge in [0.05, 0.1) is 0 Å². The van der Waals surface area contributed by atoms with E-state index in [0.717, 1.165) is 31.8 Å². The molecule has 22 heavy (non-hydrogen) atoms. The van der Waals surface area contributed by atoms with Gasteiger partial charge in [-0.2, -0.15) is 0 Å². The molecule has 0 aromatic rings. The summed E-state index contributed by atoms with van der Waals surface area (Å²) in [4.78, 5) is 19.2. The molecule has 128 valence electrons. The number of amides is 1. The van der Waals surface area contributed by atoms with E-state index in [1.54, 1.807) is 0 Å². The van der Waals surface area contributed by atoms with E-state index in [1.165, 1.54) is 26.1 Å². The molecule has 2 saturated heterocycles. The number of rotatable bonds is 6. The summed E-state index contributed by atoms with van der Waals surface area (Å²) in [5.74, 6) is 1.32. The molecule has 0 atom stereocenters. The van der Waals surface area contributed by atoms with Crippen molar-refractivity contribution in [3.05, 3.63) is 0 Å². The third kappa shape index (κ3) is 4.45. The molecule has 0 unspecified atom stereocenters. The van der Waals surface area contributed by atoms with E-state index in [0.29, 0.717) is 18.0 Å². The van der Waals surface area contributed by atoms with Crippen LogP contribution in [0.5, 0.6) is 0 Å². The summed E-state index contributed by atoms with van der Waals surface area (Å²) in [6.07, 6.45) is 3.62. The summed E-state index contributed by atoms with van der Waals surface area (Å²) in [5, 5.41) is 0. The van der Waals surface area contributed by atoms with Gasteiger partial charge >= 0.3 is 0 Å². The molecule has 2 aliphatic heterocycles. The van der Waals surface area contributed by atoms with Crippen LogP contribution in [0.4, 0.5) is 0 Å². The largest absolute Gasteiger partial charge is 0.342 e. The van der Waals surface area contributed by atoms with Crippen molar-refractivity contribution in [3.8, 4) is 0 Å². The number of carbonyl (C=O) groups is 1. The molecule has 0 radical (unpaired) electrons. The second kappa shape index (κ2) is 7.78. The van der Waals surface area contributed by atoms with Gasteiger partial charge in [0.1, 0.15) is 0 Å². The zero-order valence-electron chi connectivity index (χ0n) is 15.2. The molecule has 0 saturated carbocycles. The summed E-state index contributed by atoms with van der Waals surface area (Å²) in [6, 6.07) is 1.16. The van der Waals surface area contributed by atoms with E-state index >= 15 is 0 Å². The SMILES string of the molecule is CC(C)C(=O)N(C)C1CCN(CCC2CN(C(C)C)C2)CC1. The van der Waals surface area contributed by atoms with E-state index < -0.39 is 0 Å². The molecule has 4 heteroatoms. The van der Waals surface area contributed by atoms with Gasteiger partial charge in [0.2, 0.25) is 5.91 Å². The summed E-state index contributed by atoms with van der Waals surface area (Å²) < 4.78 is 0. The lowest BCUT2D eigenvalue weighted by Gasteiger charge is -2.43. The highest BCUT2D eigenvalue weighted by molar-refractivity contribution is 5.78. The lowest BCUT2D eigenvalue weighted by atomic mass is 9.94. The minimum Gasteiger partial charge on any atom is -0.342 e. The highest BCUT2D eigenvalue weighted by Crippen LogP contribution is 2.23. The number of nitrogens with zero attached hydrogens (tertiary/aromatic N) is 3. The highest BCUT2D eigenvalue weighted by Gasteiger charge is 2.30. The van der Waals surface area contributed by atoms with Gasteiger partial charge in [-0.25, -0.2) is 0 Å². The van der Waals surface area contributed by atoms with Gasteiger partial charge in [-0.1, -0.05) is 13.8 Å². The van der Waals surface area contributed by atoms with Gasteiger partial charge in [-0.3, -0.25) is 4.79 Å². The van der Waals surface area contributed by atoms with Crippen molar-refractivity contribution in [1.82, 2.24) is 14.7 Å². The van der Waals surface area contributed by atoms with E-state index in [4.69, 9.17) is 0 Å². The van der Waals surface area contributed by atoms with Crippen molar-refractivity contribution in [2.45, 2.75) is 59.0 Å². The highest BCUT2D eigenvalue weighted by atomic mass is 16.2. The Balaban J connectivity index is 1.62. The van der Waals surface area contributed by atoms with Crippen LogP contribution in [0.15, 0.2) is 0 Å². The van der Waals surface area contributed by atoms with Crippen molar-refractivity contribution in [2.75, 3.05) is 39.8 Å². The summed E-state index contributed by atoms with van der Waals surface area (Å²) in [5.41, 5.74) is 0. The van der Waals surface area contributed by atoms with Crippen LogP contribution in [0.1, 0.15) is 47.0 Å². The normalized spacial score (nSPS) is 22.3. The Hall–Kier alpha value is -0.610. The Kier molecular flexibility index (Phi) is 6.27. The molecule has 0 N–H and O–H groups in total. The summed E-state index contributed by atoms with van der Waals surface area (Å²) in [6.45, 7) is 14.7. The molecule has 0 aromatic heterocycles. The van der Waals surface area contributed by atoms with Crippen molar-refractivity contribution < 1.29 is 4.79 Å². The second-order valence-electron chi connectivity index (χ2n) is 7.88. The Bertz CT molecular complexity index is 355. The number of piperidine rings is 1. The molecule has 2 fully saturated rings. The molecule has 0 aliphatic carbocycles. The Morgan fingerprint density at radius 2 is 1.73 bits per heavy atom. The first-order chi connectivity index (χ1) is 10.4. The van der Waals surface area contributed by atoms with Crippen LogP contribution in [0.2, 0.25) is 0 Å². The third-order valence-corrected chi connectivity index (χ3v) is 5.52. The molecule has 2 heterocycles. The van der Waals surface area contributed by atoms with Crippen molar-refractivity contribution in [1.29, 1.82) is 0 Å². The summed E-state index contributed by atoms with van der Waals surface area (Å²) >= 11 is 0. The summed E-state index contributed by atoms with van der Waals surface area (Å²) in [7, 11) is 1.98. The minimum absolute atomic E-state index is 0.116. The predicted octanol–water partition coefficient (Wildman–Crippen LogP) is 2.30. The number of hydrogen-bond acceptors (Lipinski definition) is 3. The monoisotopic (exact) mass is 309 g/mol. The Morgan fingerprint density at radius 1 is 1.14 bits per heavy atom. The number of carbonyl (C=O) groups excluding carboxylic acids is 1. The lowest BCUT2D eigenvalue weighted by molar-refractivity contribution is -0.136. The van der Waals surface area contributed by atoms with Gasteiger partial charge < -0.3 is 14.7 Å². The van der Waals surface area contributed by atoms with Gasteiger partial charge in [-0.05, 0) is 45.6 Å². The second-order valence-corrected chi connectivity index (χ2v) is 7.88. The molecule has 2 rings (SSSR count). The van der Waals surface area contributed by atoms with Crippen molar-refractivity contribution >= 4 is 5.91 Å². The average molecular weight is 309 g/mol. The zero-order chi connectivity index (χ0) is 16.3. The topological polar surface area (TPSA) is 26.8 Å². The number of hydrogen-bond donors (Lipinski definition) is 0. The number of likely N-dealkylation sites (tertiary alicyclic amines) is 2. The molecule has 2 aliphatic rings. The van der Waals surface area contributed by atoms with Crippen LogP contribution >= 0.6 is 0 Å². The predicted molar refractivity (Wildman–Crippen MR) is 91.9 cm³/mol. The fraction of sp³-hybridized carbons (Fsp3) is 0.944. The lowest BCUT2D eigenvalue weighted by Crippen LogP contribution is -2.51. The fourth-order valence-electron chi connectivity index (χ4n) is 3.70. The molecule has 4 nitrogen and oxygen atoms in total. The van der Waals surface area contributed by atoms with E-state index in [9.17, 15) is 4.79 Å². The van der Waals surface area contributed by atoms with E-state index in [1.807, 2.05) is 25.8 Å². The van der Waals surface area contributed by atoms with E-state index in [2.05, 4.69) is 23.6 Å². The van der Waals surface area contributed by atoms with Crippen LogP contribution in [-0.2, 0) is 4.79 Å². The Morgan fingerprint density at radius 3 is 2.23 bits per heavy atom. The maximum atomic E-state index is 12.1. The van der Waals surface area contributed by atoms with Crippen LogP contribution < -0.4 is 0 Å². The van der Waals surface area contributed by atoms with Crippen molar-refractivity contribution in [3.63, 3.8) is 0 Å². The van der Waals surface area contributed by atoms with Crippen LogP contribution in [0.25, 0.3) is 0 Å².